The Morgan fingerprint density at radius 3 is 2.48 bits per heavy atom. The van der Waals surface area contributed by atoms with Gasteiger partial charge in [0.25, 0.3) is 0 Å². The largest absolute Gasteiger partial charge is 0.497 e. The maximum absolute atomic E-state index is 6.05. The summed E-state index contributed by atoms with van der Waals surface area (Å²) in [7, 11) is 1.64. The fourth-order valence-corrected chi connectivity index (χ4v) is 4.23. The molecule has 0 fully saturated rings. The molecule has 0 saturated carbocycles. The summed E-state index contributed by atoms with van der Waals surface area (Å²) in [5.74, 6) is 3.48. The molecule has 0 radical (unpaired) electrons. The zero-order chi connectivity index (χ0) is 22.6. The van der Waals surface area contributed by atoms with Crippen LogP contribution in [0.4, 0.5) is 0 Å². The van der Waals surface area contributed by atoms with Gasteiger partial charge in [-0.1, -0.05) is 23.4 Å². The number of hydrogen-bond acceptors (Lipinski definition) is 7. The molecule has 0 bridgehead atoms. The fraction of sp³-hybridized carbons (Fsp3) is 0.125. The van der Waals surface area contributed by atoms with E-state index in [0.29, 0.717) is 23.2 Å². The van der Waals surface area contributed by atoms with Gasteiger partial charge in [-0.3, -0.25) is 4.57 Å². The van der Waals surface area contributed by atoms with Gasteiger partial charge in [0.1, 0.15) is 17.8 Å². The van der Waals surface area contributed by atoms with Crippen molar-refractivity contribution in [2.45, 2.75) is 17.5 Å². The lowest BCUT2D eigenvalue weighted by molar-refractivity contribution is 0.415. The molecular weight excluding hydrogens is 460 g/mol. The molecule has 0 aliphatic heterocycles. The topological polar surface area (TPSA) is 79.1 Å². The molecule has 3 heterocycles. The van der Waals surface area contributed by atoms with E-state index in [-0.39, 0.29) is 0 Å². The molecule has 0 spiro atoms. The van der Waals surface area contributed by atoms with Gasteiger partial charge in [-0.2, -0.15) is 0 Å². The average Bonchev–Trinajstić information content (AvgIpc) is 3.61. The van der Waals surface area contributed by atoms with E-state index in [0.717, 1.165) is 39.3 Å². The molecule has 0 N–H and O–H groups in total. The van der Waals surface area contributed by atoms with E-state index in [1.165, 1.54) is 11.8 Å². The first kappa shape index (κ1) is 21.4. The first-order valence-corrected chi connectivity index (χ1v) is 11.5. The number of methoxy groups -OCH3 is 1. The SMILES string of the molecule is COc1ccc(-c2nc(CSc3nnc(-c4ccc(Cl)cc4)n3Cc3ccco3)co2)cc1. The zero-order valence-corrected chi connectivity index (χ0v) is 19.2. The van der Waals surface area contributed by atoms with Gasteiger partial charge < -0.3 is 13.6 Å². The Labute approximate surface area is 199 Å². The molecule has 5 rings (SSSR count). The normalized spacial score (nSPS) is 11.1. The fourth-order valence-electron chi connectivity index (χ4n) is 3.29. The number of benzene rings is 2. The molecule has 5 aromatic rings. The van der Waals surface area contributed by atoms with Gasteiger partial charge >= 0.3 is 0 Å². The third-order valence-electron chi connectivity index (χ3n) is 4.95. The van der Waals surface area contributed by atoms with Crippen LogP contribution in [0.5, 0.6) is 5.75 Å². The third kappa shape index (κ3) is 4.81. The van der Waals surface area contributed by atoms with Crippen molar-refractivity contribution < 1.29 is 13.6 Å². The second-order valence-corrected chi connectivity index (χ2v) is 8.52. The summed E-state index contributed by atoms with van der Waals surface area (Å²) in [6, 6.07) is 18.9. The lowest BCUT2D eigenvalue weighted by atomic mass is 10.2. The highest BCUT2D eigenvalue weighted by Gasteiger charge is 2.17. The predicted octanol–water partition coefficient (Wildman–Crippen LogP) is 6.20. The first-order valence-electron chi connectivity index (χ1n) is 10.1. The van der Waals surface area contributed by atoms with E-state index in [4.69, 9.17) is 25.2 Å². The molecule has 2 aromatic carbocycles. The smallest absolute Gasteiger partial charge is 0.226 e. The van der Waals surface area contributed by atoms with Gasteiger partial charge in [-0.25, -0.2) is 4.98 Å². The van der Waals surface area contributed by atoms with Crippen LogP contribution in [-0.4, -0.2) is 26.9 Å². The second-order valence-electron chi connectivity index (χ2n) is 7.14. The van der Waals surface area contributed by atoms with E-state index in [1.54, 1.807) is 19.6 Å². The Kier molecular flexibility index (Phi) is 6.19. The molecule has 0 atom stereocenters. The Morgan fingerprint density at radius 1 is 0.970 bits per heavy atom. The van der Waals surface area contributed by atoms with E-state index in [1.807, 2.05) is 65.2 Å². The van der Waals surface area contributed by atoms with Crippen molar-refractivity contribution in [1.29, 1.82) is 0 Å². The molecule has 0 saturated heterocycles. The van der Waals surface area contributed by atoms with E-state index in [2.05, 4.69) is 15.2 Å². The molecule has 166 valence electrons. The molecule has 9 heteroatoms. The van der Waals surface area contributed by atoms with Crippen molar-refractivity contribution in [3.05, 3.63) is 89.7 Å². The number of hydrogen-bond donors (Lipinski definition) is 0. The number of rotatable bonds is 8. The monoisotopic (exact) mass is 478 g/mol. The predicted molar refractivity (Wildman–Crippen MR) is 126 cm³/mol. The number of halogens is 1. The van der Waals surface area contributed by atoms with Crippen molar-refractivity contribution in [3.8, 4) is 28.6 Å². The lowest BCUT2D eigenvalue weighted by Gasteiger charge is -2.08. The van der Waals surface area contributed by atoms with Crippen LogP contribution in [0.1, 0.15) is 11.5 Å². The summed E-state index contributed by atoms with van der Waals surface area (Å²) in [5, 5.41) is 10.3. The maximum atomic E-state index is 6.05. The lowest BCUT2D eigenvalue weighted by Crippen LogP contribution is -2.03. The Bertz CT molecular complexity index is 1330. The van der Waals surface area contributed by atoms with Gasteiger partial charge in [0.15, 0.2) is 11.0 Å². The molecule has 0 aliphatic rings. The van der Waals surface area contributed by atoms with E-state index < -0.39 is 0 Å². The molecule has 0 aliphatic carbocycles. The van der Waals surface area contributed by atoms with Gasteiger partial charge in [-0.05, 0) is 60.7 Å². The second kappa shape index (κ2) is 9.56. The highest BCUT2D eigenvalue weighted by Crippen LogP contribution is 2.29. The quantitative estimate of drug-likeness (QED) is 0.246. The Hall–Kier alpha value is -3.49. The van der Waals surface area contributed by atoms with Crippen LogP contribution >= 0.6 is 23.4 Å². The van der Waals surface area contributed by atoms with Gasteiger partial charge in [0.2, 0.25) is 5.89 Å². The van der Waals surface area contributed by atoms with Crippen LogP contribution in [0.2, 0.25) is 5.02 Å². The summed E-state index contributed by atoms with van der Waals surface area (Å²) in [4.78, 5) is 4.61. The van der Waals surface area contributed by atoms with Crippen LogP contribution in [0.15, 0.2) is 87.2 Å². The third-order valence-corrected chi connectivity index (χ3v) is 6.20. The summed E-state index contributed by atoms with van der Waals surface area (Å²) >= 11 is 7.59. The number of oxazole rings is 1. The molecule has 3 aromatic heterocycles. The first-order chi connectivity index (χ1) is 16.2. The van der Waals surface area contributed by atoms with Crippen LogP contribution in [0.3, 0.4) is 0 Å². The number of thioether (sulfide) groups is 1. The van der Waals surface area contributed by atoms with Gasteiger partial charge in [0, 0.05) is 21.9 Å². The molecule has 0 amide bonds. The van der Waals surface area contributed by atoms with Crippen LogP contribution in [-0.2, 0) is 12.3 Å². The minimum Gasteiger partial charge on any atom is -0.497 e. The molecular formula is C24H19ClN4O3S. The van der Waals surface area contributed by atoms with E-state index >= 15 is 0 Å². The zero-order valence-electron chi connectivity index (χ0n) is 17.6. The number of furan rings is 1. The standard InChI is InChI=1S/C24H19ClN4O3S/c1-30-20-10-6-17(7-11-20)23-26-19(14-32-23)15-33-24-28-27-22(16-4-8-18(25)9-5-16)29(24)13-21-3-2-12-31-21/h2-12,14H,13,15H2,1H3. The maximum Gasteiger partial charge on any atom is 0.226 e. The van der Waals surface area contributed by atoms with Crippen molar-refractivity contribution >= 4 is 23.4 Å². The number of nitrogens with zero attached hydrogens (tertiary/aromatic N) is 4. The molecule has 0 unspecified atom stereocenters. The molecule has 7 nitrogen and oxygen atoms in total. The van der Waals surface area contributed by atoms with Crippen molar-refractivity contribution in [2.24, 2.45) is 0 Å². The highest BCUT2D eigenvalue weighted by molar-refractivity contribution is 7.98. The minimum absolute atomic E-state index is 0.510. The van der Waals surface area contributed by atoms with Crippen LogP contribution < -0.4 is 4.74 Å². The van der Waals surface area contributed by atoms with Crippen molar-refractivity contribution in [1.82, 2.24) is 19.7 Å². The summed E-state index contributed by atoms with van der Waals surface area (Å²) in [6.07, 6.45) is 3.32. The molecule has 33 heavy (non-hydrogen) atoms. The average molecular weight is 479 g/mol. The minimum atomic E-state index is 0.510. The highest BCUT2D eigenvalue weighted by atomic mass is 35.5. The van der Waals surface area contributed by atoms with Gasteiger partial charge in [0.05, 0.1) is 25.6 Å². The van der Waals surface area contributed by atoms with Crippen LogP contribution in [0.25, 0.3) is 22.8 Å². The van der Waals surface area contributed by atoms with Gasteiger partial charge in [-0.15, -0.1) is 10.2 Å². The summed E-state index contributed by atoms with van der Waals surface area (Å²) in [6.45, 7) is 0.510. The number of ether oxygens (including phenoxy) is 1. The summed E-state index contributed by atoms with van der Waals surface area (Å²) in [5.41, 5.74) is 2.62. The van der Waals surface area contributed by atoms with Crippen molar-refractivity contribution in [2.75, 3.05) is 7.11 Å². The Balaban J connectivity index is 1.37. The Morgan fingerprint density at radius 2 is 1.76 bits per heavy atom. The van der Waals surface area contributed by atoms with E-state index in [9.17, 15) is 0 Å². The number of aromatic nitrogens is 4. The summed E-state index contributed by atoms with van der Waals surface area (Å²) < 4.78 is 18.5. The van der Waals surface area contributed by atoms with Crippen LogP contribution in [0, 0.1) is 0 Å². The van der Waals surface area contributed by atoms with Crippen molar-refractivity contribution in [3.63, 3.8) is 0 Å².